The van der Waals surface area contributed by atoms with E-state index in [1.54, 1.807) is 12.7 Å². The zero-order valence-electron chi connectivity index (χ0n) is 54.7. The molecule has 0 radical (unpaired) electrons. The van der Waals surface area contributed by atoms with Crippen molar-refractivity contribution in [3.05, 3.63) is 154 Å². The fourth-order valence-corrected chi connectivity index (χ4v) is 13.7. The quantitative estimate of drug-likeness (QED) is 0.166. The summed E-state index contributed by atoms with van der Waals surface area (Å²) in [5, 5.41) is 5.31. The maximum Gasteiger partial charge on any atom is 0.252 e. The molecule has 2 aliphatic rings. The molecule has 0 saturated heterocycles. The largest absolute Gasteiger partial charge is 0.310 e. The first kappa shape index (κ1) is 56.7. The van der Waals surface area contributed by atoms with E-state index in [0.29, 0.717) is 5.82 Å². The van der Waals surface area contributed by atoms with Crippen LogP contribution in [0.15, 0.2) is 110 Å². The van der Waals surface area contributed by atoms with Crippen molar-refractivity contribution in [2.75, 3.05) is 0 Å². The number of hydrogen-bond donors (Lipinski definition) is 0. The molecule has 6 heteroatoms. The number of nitrogens with zero attached hydrogens (tertiary/aromatic N) is 5. The highest BCUT2D eigenvalue weighted by Crippen LogP contribution is 2.51. The van der Waals surface area contributed by atoms with Gasteiger partial charge in [0.15, 0.2) is 5.82 Å². The summed E-state index contributed by atoms with van der Waals surface area (Å²) in [5.41, 5.74) is 27.4. The molecule has 10 aromatic rings. The summed E-state index contributed by atoms with van der Waals surface area (Å²) < 4.78 is 5.39. The minimum absolute atomic E-state index is 0.0611. The SMILES string of the molecule is CC(C)(C)c1cc(-c2ccc3c4c2c2c(C(C)(C)C)cc(C(C)(C)C)cc2n4-c2cc(-c4ncncn4)cc4c2B3c2ccc(-c3cc(C(C)(C)C)cc(C(C)(C)C)c3)c3c5c(C(C)(C)C)cc(C(C)(C)C)cc5n-4c23)cc(C(C)(C)C)c1. The summed E-state index contributed by atoms with van der Waals surface area (Å²) in [6, 6.07) is 40.1. The van der Waals surface area contributed by atoms with Gasteiger partial charge in [0.05, 0.1) is 22.1 Å². The van der Waals surface area contributed by atoms with E-state index in [4.69, 9.17) is 9.97 Å². The Morgan fingerprint density at radius 3 is 0.964 bits per heavy atom. The van der Waals surface area contributed by atoms with Crippen molar-refractivity contribution in [2.45, 2.75) is 209 Å². The van der Waals surface area contributed by atoms with E-state index in [0.717, 1.165) is 5.56 Å². The maximum absolute atomic E-state index is 4.96. The number of hydrogen-bond acceptors (Lipinski definition) is 3. The van der Waals surface area contributed by atoms with Gasteiger partial charge in [-0.3, -0.25) is 0 Å². The fourth-order valence-electron chi connectivity index (χ4n) is 13.7. The Hall–Kier alpha value is -6.79. The van der Waals surface area contributed by atoms with Gasteiger partial charge in [-0.2, -0.15) is 0 Å². The third-order valence-electron chi connectivity index (χ3n) is 18.7. The standard InChI is InChI=1S/C77H90BN5/c1-70(2,3)46-29-43(30-47(35-46)71(4,5)6)52-25-27-56-67-62(52)64-54(76(19,20)21)37-50(74(13,14)15)39-58(64)82(67)60-33-45(69-80-41-79-42-81-69)34-61-66(60)78(56)57-28-26-53(44-31-48(72(7,8)9)36-49(32-44)73(10,11)12)63-65-55(77(22,23)24)38-51(75(16,17)18)40-59(65)83(61)68(57)63/h25-42H,1-24H3. The third-order valence-corrected chi connectivity index (χ3v) is 18.7. The average Bonchev–Trinajstić information content (AvgIpc) is 2.38. The maximum atomic E-state index is 4.96. The molecule has 0 N–H and O–H groups in total. The first-order valence-corrected chi connectivity index (χ1v) is 30.7. The molecule has 5 nitrogen and oxygen atoms in total. The Balaban J connectivity index is 1.35. The highest BCUT2D eigenvalue weighted by atomic mass is 15.0. The lowest BCUT2D eigenvalue weighted by atomic mass is 9.34. The van der Waals surface area contributed by atoms with Crippen LogP contribution in [0.4, 0.5) is 0 Å². The molecule has 12 rings (SSSR count). The molecule has 0 fully saturated rings. The van der Waals surface area contributed by atoms with Gasteiger partial charge in [0, 0.05) is 38.5 Å². The van der Waals surface area contributed by atoms with E-state index in [1.807, 2.05) is 0 Å². The van der Waals surface area contributed by atoms with Crippen molar-refractivity contribution in [2.24, 2.45) is 0 Å². The number of fused-ring (bicyclic) bond motifs is 10. The second-order valence-electron chi connectivity index (χ2n) is 33.3. The Kier molecular flexibility index (Phi) is 12.2. The molecule has 0 spiro atoms. The smallest absolute Gasteiger partial charge is 0.252 e. The molecule has 426 valence electrons. The molecule has 0 amide bonds. The fraction of sp³-hybridized carbons (Fsp3) is 0.416. The molecule has 0 aliphatic carbocycles. The van der Waals surface area contributed by atoms with Crippen LogP contribution < -0.4 is 16.4 Å². The van der Waals surface area contributed by atoms with Crippen LogP contribution >= 0.6 is 0 Å². The zero-order valence-corrected chi connectivity index (χ0v) is 54.7. The van der Waals surface area contributed by atoms with E-state index >= 15 is 0 Å². The van der Waals surface area contributed by atoms with E-state index in [-0.39, 0.29) is 50.0 Å². The molecular formula is C77H90BN5. The lowest BCUT2D eigenvalue weighted by molar-refractivity contribution is 0.568. The summed E-state index contributed by atoms with van der Waals surface area (Å²) in [7, 11) is 0. The Labute approximate surface area is 496 Å². The van der Waals surface area contributed by atoms with Crippen LogP contribution in [0.1, 0.15) is 211 Å². The molecule has 83 heavy (non-hydrogen) atoms. The van der Waals surface area contributed by atoms with Gasteiger partial charge < -0.3 is 9.13 Å². The number of benzene rings is 7. The molecule has 7 aromatic carbocycles. The van der Waals surface area contributed by atoms with Crippen LogP contribution in [-0.2, 0) is 43.3 Å². The topological polar surface area (TPSA) is 48.5 Å². The lowest BCUT2D eigenvalue weighted by Gasteiger charge is -2.35. The predicted molar refractivity (Wildman–Crippen MR) is 359 cm³/mol. The second kappa shape index (κ2) is 17.9. The monoisotopic (exact) mass is 1100 g/mol. The van der Waals surface area contributed by atoms with E-state index < -0.39 is 0 Å². The number of rotatable bonds is 3. The van der Waals surface area contributed by atoms with Crippen molar-refractivity contribution in [1.29, 1.82) is 0 Å². The molecular weight excluding hydrogens is 1010 g/mol. The van der Waals surface area contributed by atoms with Gasteiger partial charge in [-0.25, -0.2) is 15.0 Å². The van der Waals surface area contributed by atoms with Gasteiger partial charge >= 0.3 is 0 Å². The van der Waals surface area contributed by atoms with Crippen LogP contribution in [0.5, 0.6) is 0 Å². The van der Waals surface area contributed by atoms with Gasteiger partial charge in [0.1, 0.15) is 12.7 Å². The van der Waals surface area contributed by atoms with E-state index in [9.17, 15) is 0 Å². The molecule has 0 atom stereocenters. The summed E-state index contributed by atoms with van der Waals surface area (Å²) in [6.07, 6.45) is 3.30. The summed E-state index contributed by atoms with van der Waals surface area (Å²) in [5.74, 6) is 0.661. The molecule has 3 aromatic heterocycles. The third kappa shape index (κ3) is 9.04. The Morgan fingerprint density at radius 2 is 0.651 bits per heavy atom. The van der Waals surface area contributed by atoms with Gasteiger partial charge in [-0.1, -0.05) is 239 Å². The van der Waals surface area contributed by atoms with Gasteiger partial charge in [0.2, 0.25) is 0 Å². The summed E-state index contributed by atoms with van der Waals surface area (Å²) in [6.45, 7) is 56.9. The molecule has 0 unspecified atom stereocenters. The van der Waals surface area contributed by atoms with E-state index in [1.165, 1.54) is 138 Å². The van der Waals surface area contributed by atoms with Crippen LogP contribution in [0.2, 0.25) is 0 Å². The first-order chi connectivity index (χ1) is 38.2. The molecule has 2 aliphatic heterocycles. The second-order valence-corrected chi connectivity index (χ2v) is 33.3. The minimum Gasteiger partial charge on any atom is -0.310 e. The van der Waals surface area contributed by atoms with Crippen molar-refractivity contribution < 1.29 is 0 Å². The average molecular weight is 1100 g/mol. The normalized spacial score (nSPS) is 14.2. The highest BCUT2D eigenvalue weighted by molar-refractivity contribution is 7.00. The van der Waals surface area contributed by atoms with Crippen molar-refractivity contribution in [1.82, 2.24) is 24.1 Å². The molecule has 0 bridgehead atoms. The number of aromatic nitrogens is 5. The lowest BCUT2D eigenvalue weighted by Crippen LogP contribution is -2.59. The molecule has 0 saturated carbocycles. The first-order valence-electron chi connectivity index (χ1n) is 30.7. The molecule has 5 heterocycles. The predicted octanol–water partition coefficient (Wildman–Crippen LogP) is 18.6. The van der Waals surface area contributed by atoms with Crippen LogP contribution in [0.25, 0.3) is 88.6 Å². The van der Waals surface area contributed by atoms with Crippen molar-refractivity contribution in [3.8, 4) is 45.0 Å². The summed E-state index contributed by atoms with van der Waals surface area (Å²) in [4.78, 5) is 14.3. The van der Waals surface area contributed by atoms with Crippen LogP contribution in [-0.4, -0.2) is 30.8 Å². The van der Waals surface area contributed by atoms with Crippen molar-refractivity contribution in [3.63, 3.8) is 0 Å². The Bertz CT molecular complexity index is 4040. The van der Waals surface area contributed by atoms with Crippen molar-refractivity contribution >= 4 is 66.7 Å². The highest BCUT2D eigenvalue weighted by Gasteiger charge is 2.44. The zero-order chi connectivity index (χ0) is 60.2. The Morgan fingerprint density at radius 1 is 0.325 bits per heavy atom. The van der Waals surface area contributed by atoms with Gasteiger partial charge in [-0.05, 0) is 151 Å². The summed E-state index contributed by atoms with van der Waals surface area (Å²) >= 11 is 0. The van der Waals surface area contributed by atoms with E-state index in [2.05, 4.69) is 277 Å². The van der Waals surface area contributed by atoms with Crippen LogP contribution in [0, 0.1) is 0 Å². The minimum atomic E-state index is -0.191. The van der Waals surface area contributed by atoms with Gasteiger partial charge in [0.25, 0.3) is 6.71 Å². The van der Waals surface area contributed by atoms with Gasteiger partial charge in [-0.15, -0.1) is 0 Å². The van der Waals surface area contributed by atoms with Crippen LogP contribution in [0.3, 0.4) is 0 Å².